The van der Waals surface area contributed by atoms with E-state index in [4.69, 9.17) is 15.7 Å². The molecule has 9 heteroatoms. The number of amides is 2. The van der Waals surface area contributed by atoms with E-state index in [-0.39, 0.29) is 17.8 Å². The molecular weight excluding hydrogens is 475 g/mol. The number of nitrogens with two attached hydrogens (primary N) is 1. The summed E-state index contributed by atoms with van der Waals surface area (Å²) in [5.41, 5.74) is 8.29. The van der Waals surface area contributed by atoms with Crippen molar-refractivity contribution in [2.24, 2.45) is 5.73 Å². The third-order valence-corrected chi connectivity index (χ3v) is 6.88. The average Bonchev–Trinajstić information content (AvgIpc) is 2.76. The number of rotatable bonds is 5. The molecule has 7 nitrogen and oxygen atoms in total. The Morgan fingerprint density at radius 2 is 1.88 bits per heavy atom. The maximum Gasteiger partial charge on any atom is 0.319 e. The number of nitrogens with one attached hydrogen (secondary N) is 1. The van der Waals surface area contributed by atoms with Gasteiger partial charge in [-0.15, -0.1) is 0 Å². The number of carbonyl (C=O) groups is 1. The second-order valence-electron chi connectivity index (χ2n) is 8.85. The summed E-state index contributed by atoms with van der Waals surface area (Å²) in [6, 6.07) is 4.11. The van der Waals surface area contributed by atoms with E-state index in [0.29, 0.717) is 10.4 Å². The van der Waals surface area contributed by atoms with E-state index in [9.17, 15) is 9.18 Å². The molecule has 2 amide bonds. The Morgan fingerprint density at radius 3 is 2.53 bits per heavy atom. The summed E-state index contributed by atoms with van der Waals surface area (Å²) in [5.74, 6) is 1.21. The van der Waals surface area contributed by atoms with E-state index in [2.05, 4.69) is 26.1 Å². The number of halogens is 2. The van der Waals surface area contributed by atoms with Gasteiger partial charge in [-0.05, 0) is 69.6 Å². The monoisotopic (exact) mass is 504 g/mol. The number of nitrogens with zero attached hydrogens (tertiary/aromatic N) is 4. The summed E-state index contributed by atoms with van der Waals surface area (Å²) in [6.45, 7) is 0. The molecule has 0 spiro atoms. The molecule has 4 rings (SSSR count). The molecule has 2 aromatic rings. The Balaban J connectivity index is 1.46. The molecule has 32 heavy (non-hydrogen) atoms. The molecule has 1 aromatic carbocycles. The van der Waals surface area contributed by atoms with E-state index in [1.807, 2.05) is 14.1 Å². The van der Waals surface area contributed by atoms with Crippen LogP contribution in [0.1, 0.15) is 49.8 Å². The topological polar surface area (TPSA) is 87.4 Å². The Kier molecular flexibility index (Phi) is 6.83. The highest BCUT2D eigenvalue weighted by molar-refractivity contribution is 9.10. The summed E-state index contributed by atoms with van der Waals surface area (Å²) in [5, 5.41) is 3.51. The number of primary amides is 1. The van der Waals surface area contributed by atoms with Crippen LogP contribution < -0.4 is 20.9 Å². The average molecular weight is 505 g/mol. The summed E-state index contributed by atoms with van der Waals surface area (Å²) in [7, 11) is 4.04. The lowest BCUT2D eigenvalue weighted by Gasteiger charge is -2.36. The predicted molar refractivity (Wildman–Crippen MR) is 129 cm³/mol. The SMILES string of the molecule is CN(C)c1nc(NC2CCC(N(C(N)=O)c3ccc(Br)cc3F)CC2)nc2c1CCCC2. The number of carbonyl (C=O) groups excluding carboxylic acids is 1. The lowest BCUT2D eigenvalue weighted by Crippen LogP contribution is -2.47. The van der Waals surface area contributed by atoms with Crippen molar-refractivity contribution in [3.05, 3.63) is 39.7 Å². The van der Waals surface area contributed by atoms with Crippen LogP contribution in [0.3, 0.4) is 0 Å². The van der Waals surface area contributed by atoms with Crippen molar-refractivity contribution < 1.29 is 9.18 Å². The van der Waals surface area contributed by atoms with Crippen molar-refractivity contribution in [1.82, 2.24) is 9.97 Å². The zero-order valence-electron chi connectivity index (χ0n) is 18.6. The van der Waals surface area contributed by atoms with Gasteiger partial charge in [-0.3, -0.25) is 4.90 Å². The summed E-state index contributed by atoms with van der Waals surface area (Å²) in [6.07, 6.45) is 7.47. The first kappa shape index (κ1) is 22.8. The van der Waals surface area contributed by atoms with Crippen molar-refractivity contribution in [3.63, 3.8) is 0 Å². The Labute approximate surface area is 196 Å². The fourth-order valence-corrected chi connectivity index (χ4v) is 5.17. The molecule has 172 valence electrons. The van der Waals surface area contributed by atoms with Crippen LogP contribution in [0.15, 0.2) is 22.7 Å². The highest BCUT2D eigenvalue weighted by Crippen LogP contribution is 2.32. The molecule has 1 saturated carbocycles. The van der Waals surface area contributed by atoms with E-state index in [1.165, 1.54) is 23.0 Å². The molecule has 2 aliphatic rings. The lowest BCUT2D eigenvalue weighted by atomic mass is 9.90. The van der Waals surface area contributed by atoms with Gasteiger partial charge in [0.25, 0.3) is 0 Å². The van der Waals surface area contributed by atoms with Gasteiger partial charge in [-0.2, -0.15) is 4.98 Å². The van der Waals surface area contributed by atoms with E-state index in [0.717, 1.165) is 56.5 Å². The fourth-order valence-electron chi connectivity index (χ4n) is 4.84. The van der Waals surface area contributed by atoms with Crippen molar-refractivity contribution >= 4 is 39.4 Å². The first-order chi connectivity index (χ1) is 15.3. The summed E-state index contributed by atoms with van der Waals surface area (Å²) >= 11 is 3.26. The van der Waals surface area contributed by atoms with Crippen LogP contribution in [0.4, 0.5) is 26.6 Å². The van der Waals surface area contributed by atoms with Crippen LogP contribution in [0.5, 0.6) is 0 Å². The number of urea groups is 1. The van der Waals surface area contributed by atoms with Gasteiger partial charge in [-0.1, -0.05) is 15.9 Å². The van der Waals surface area contributed by atoms with Gasteiger partial charge < -0.3 is 16.0 Å². The quantitative estimate of drug-likeness (QED) is 0.619. The number of benzene rings is 1. The maximum absolute atomic E-state index is 14.5. The zero-order valence-corrected chi connectivity index (χ0v) is 20.2. The highest BCUT2D eigenvalue weighted by Gasteiger charge is 2.31. The number of anilines is 3. The van der Waals surface area contributed by atoms with Gasteiger partial charge >= 0.3 is 6.03 Å². The zero-order chi connectivity index (χ0) is 22.8. The molecule has 2 aliphatic carbocycles. The third-order valence-electron chi connectivity index (χ3n) is 6.39. The minimum atomic E-state index is -0.628. The number of aryl methyl sites for hydroxylation is 1. The van der Waals surface area contributed by atoms with Crippen molar-refractivity contribution in [2.75, 3.05) is 29.2 Å². The molecule has 0 unspecified atom stereocenters. The lowest BCUT2D eigenvalue weighted by molar-refractivity contribution is 0.248. The minimum absolute atomic E-state index is 0.136. The Morgan fingerprint density at radius 1 is 1.16 bits per heavy atom. The van der Waals surface area contributed by atoms with Crippen LogP contribution in [-0.4, -0.2) is 42.2 Å². The highest BCUT2D eigenvalue weighted by atomic mass is 79.9. The third kappa shape index (κ3) is 4.82. The van der Waals surface area contributed by atoms with Gasteiger partial charge in [0, 0.05) is 36.2 Å². The van der Waals surface area contributed by atoms with E-state index in [1.54, 1.807) is 12.1 Å². The first-order valence-electron chi connectivity index (χ1n) is 11.2. The minimum Gasteiger partial charge on any atom is -0.362 e. The Bertz CT molecular complexity index is 993. The van der Waals surface area contributed by atoms with Gasteiger partial charge in [0.1, 0.15) is 11.6 Å². The molecule has 0 bridgehead atoms. The van der Waals surface area contributed by atoms with Crippen LogP contribution in [0.25, 0.3) is 0 Å². The molecule has 1 fully saturated rings. The van der Waals surface area contributed by atoms with Crippen LogP contribution in [0, 0.1) is 5.82 Å². The first-order valence-corrected chi connectivity index (χ1v) is 12.0. The second-order valence-corrected chi connectivity index (χ2v) is 9.77. The molecule has 1 aromatic heterocycles. The molecule has 0 saturated heterocycles. The van der Waals surface area contributed by atoms with Crippen LogP contribution in [-0.2, 0) is 12.8 Å². The molecule has 0 atom stereocenters. The smallest absolute Gasteiger partial charge is 0.319 e. The number of fused-ring (bicyclic) bond motifs is 1. The molecular formula is C23H30BrFN6O. The Hall–Kier alpha value is -2.42. The van der Waals surface area contributed by atoms with Crippen molar-refractivity contribution in [3.8, 4) is 0 Å². The van der Waals surface area contributed by atoms with Gasteiger partial charge in [0.2, 0.25) is 5.95 Å². The fraction of sp³-hybridized carbons (Fsp3) is 0.522. The van der Waals surface area contributed by atoms with Crippen LogP contribution in [0.2, 0.25) is 0 Å². The molecule has 1 heterocycles. The number of hydrogen-bond acceptors (Lipinski definition) is 5. The predicted octanol–water partition coefficient (Wildman–Crippen LogP) is 4.63. The standard InChI is InChI=1S/C23H30BrFN6O/c1-30(2)21-17-5-3-4-6-19(17)28-23(29-21)27-15-8-10-16(11-9-15)31(22(26)32)20-12-7-14(24)13-18(20)25/h7,12-13,15-16H,3-6,8-11H2,1-2H3,(H2,26,32)(H,27,28,29). The van der Waals surface area contributed by atoms with Crippen molar-refractivity contribution in [2.45, 2.75) is 63.5 Å². The van der Waals surface area contributed by atoms with Crippen LogP contribution >= 0.6 is 15.9 Å². The molecule has 3 N–H and O–H groups in total. The summed E-state index contributed by atoms with van der Waals surface area (Å²) < 4.78 is 15.1. The summed E-state index contributed by atoms with van der Waals surface area (Å²) in [4.78, 5) is 25.2. The van der Waals surface area contributed by atoms with Crippen molar-refractivity contribution in [1.29, 1.82) is 0 Å². The largest absolute Gasteiger partial charge is 0.362 e. The molecule has 0 radical (unpaired) electrons. The number of aromatic nitrogens is 2. The van der Waals surface area contributed by atoms with E-state index < -0.39 is 11.8 Å². The normalized spacial score (nSPS) is 20.4. The number of hydrogen-bond donors (Lipinski definition) is 2. The maximum atomic E-state index is 14.5. The molecule has 0 aliphatic heterocycles. The van der Waals surface area contributed by atoms with Gasteiger partial charge in [0.05, 0.1) is 11.4 Å². The van der Waals surface area contributed by atoms with Gasteiger partial charge in [0.15, 0.2) is 0 Å². The van der Waals surface area contributed by atoms with E-state index >= 15 is 0 Å². The second kappa shape index (κ2) is 9.60. The van der Waals surface area contributed by atoms with Gasteiger partial charge in [-0.25, -0.2) is 14.2 Å².